The van der Waals surface area contributed by atoms with E-state index >= 15 is 0 Å². The summed E-state index contributed by atoms with van der Waals surface area (Å²) in [4.78, 5) is 11.9. The van der Waals surface area contributed by atoms with Crippen LogP contribution in [0.15, 0.2) is 18.2 Å². The van der Waals surface area contributed by atoms with Gasteiger partial charge in [0, 0.05) is 24.6 Å². The molecule has 1 aromatic rings. The minimum Gasteiger partial charge on any atom is -0.378 e. The molecule has 1 aromatic carbocycles. The number of fused-ring (bicyclic) bond motifs is 1. The van der Waals surface area contributed by atoms with E-state index in [0.29, 0.717) is 5.92 Å². The van der Waals surface area contributed by atoms with Crippen LogP contribution >= 0.6 is 11.6 Å². The van der Waals surface area contributed by atoms with E-state index in [9.17, 15) is 4.79 Å². The van der Waals surface area contributed by atoms with E-state index in [1.165, 1.54) is 0 Å². The lowest BCUT2D eigenvalue weighted by atomic mass is 9.90. The molecule has 3 rings (SSSR count). The lowest BCUT2D eigenvalue weighted by molar-refractivity contribution is 0.0946. The standard InChI is InChI=1S/C15H18ClNO2/c1-9-12(5-7-19-9)14(16)11-3-2-10-4-6-17-15(18)13(10)8-11/h2-3,8-9,12,14H,4-7H2,1H3,(H,17,18). The first kappa shape index (κ1) is 12.9. The predicted molar refractivity (Wildman–Crippen MR) is 74.6 cm³/mol. The molecule has 3 nitrogen and oxygen atoms in total. The van der Waals surface area contributed by atoms with Crippen LogP contribution in [0.1, 0.15) is 40.2 Å². The maximum absolute atomic E-state index is 11.9. The van der Waals surface area contributed by atoms with Gasteiger partial charge in [-0.3, -0.25) is 4.79 Å². The molecule has 0 spiro atoms. The van der Waals surface area contributed by atoms with Crippen LogP contribution in [-0.4, -0.2) is 25.2 Å². The molecule has 1 saturated heterocycles. The number of carbonyl (C=O) groups excluding carboxylic acids is 1. The Balaban J connectivity index is 1.89. The van der Waals surface area contributed by atoms with Gasteiger partial charge >= 0.3 is 0 Å². The quantitative estimate of drug-likeness (QED) is 0.846. The third-order valence-electron chi connectivity index (χ3n) is 4.19. The van der Waals surface area contributed by atoms with E-state index in [1.54, 1.807) is 0 Å². The second-order valence-corrected chi connectivity index (χ2v) is 5.82. The average molecular weight is 280 g/mol. The van der Waals surface area contributed by atoms with E-state index < -0.39 is 0 Å². The van der Waals surface area contributed by atoms with Crippen molar-refractivity contribution in [1.82, 2.24) is 5.32 Å². The number of alkyl halides is 1. The maximum Gasteiger partial charge on any atom is 0.251 e. The normalized spacial score (nSPS) is 27.8. The maximum atomic E-state index is 11.9. The lowest BCUT2D eigenvalue weighted by Gasteiger charge is -2.23. The molecule has 3 unspecified atom stereocenters. The minimum absolute atomic E-state index is 0.0164. The fourth-order valence-electron chi connectivity index (χ4n) is 2.98. The Bertz CT molecular complexity index is 503. The van der Waals surface area contributed by atoms with Gasteiger partial charge in [-0.15, -0.1) is 11.6 Å². The fourth-order valence-corrected chi connectivity index (χ4v) is 3.45. The number of amides is 1. The van der Waals surface area contributed by atoms with E-state index in [1.807, 2.05) is 12.1 Å². The van der Waals surface area contributed by atoms with Crippen LogP contribution in [0.4, 0.5) is 0 Å². The van der Waals surface area contributed by atoms with Gasteiger partial charge in [0.1, 0.15) is 0 Å². The number of nitrogens with one attached hydrogen (secondary N) is 1. The minimum atomic E-state index is -0.0856. The molecule has 0 aromatic heterocycles. The van der Waals surface area contributed by atoms with Gasteiger partial charge in [-0.25, -0.2) is 0 Å². The van der Waals surface area contributed by atoms with Crippen molar-refractivity contribution in [3.63, 3.8) is 0 Å². The summed E-state index contributed by atoms with van der Waals surface area (Å²) in [5, 5.41) is 2.79. The summed E-state index contributed by atoms with van der Waals surface area (Å²) in [5.74, 6) is 0.342. The molecular formula is C15H18ClNO2. The number of rotatable bonds is 2. The molecule has 0 radical (unpaired) electrons. The Labute approximate surface area is 118 Å². The van der Waals surface area contributed by atoms with Crippen LogP contribution in [0.3, 0.4) is 0 Å². The molecule has 2 aliphatic rings. The summed E-state index contributed by atoms with van der Waals surface area (Å²) in [5.41, 5.74) is 2.92. The monoisotopic (exact) mass is 279 g/mol. The fraction of sp³-hybridized carbons (Fsp3) is 0.533. The molecular weight excluding hydrogens is 262 g/mol. The van der Waals surface area contributed by atoms with Crippen molar-refractivity contribution in [2.75, 3.05) is 13.2 Å². The molecule has 1 amide bonds. The Morgan fingerprint density at radius 2 is 2.32 bits per heavy atom. The van der Waals surface area contributed by atoms with Crippen molar-refractivity contribution in [2.45, 2.75) is 31.2 Å². The smallest absolute Gasteiger partial charge is 0.251 e. The van der Waals surface area contributed by atoms with Gasteiger partial charge in [-0.2, -0.15) is 0 Å². The van der Waals surface area contributed by atoms with Crippen LogP contribution in [-0.2, 0) is 11.2 Å². The van der Waals surface area contributed by atoms with E-state index in [4.69, 9.17) is 16.3 Å². The van der Waals surface area contributed by atoms with Gasteiger partial charge in [-0.1, -0.05) is 12.1 Å². The lowest BCUT2D eigenvalue weighted by Crippen LogP contribution is -2.32. The highest BCUT2D eigenvalue weighted by atomic mass is 35.5. The first-order valence-corrected chi connectivity index (χ1v) is 7.27. The van der Waals surface area contributed by atoms with Crippen molar-refractivity contribution in [3.05, 3.63) is 34.9 Å². The number of hydrogen-bond acceptors (Lipinski definition) is 2. The van der Waals surface area contributed by atoms with Crippen LogP contribution in [0.25, 0.3) is 0 Å². The van der Waals surface area contributed by atoms with Crippen molar-refractivity contribution in [3.8, 4) is 0 Å². The van der Waals surface area contributed by atoms with Gasteiger partial charge in [0.25, 0.3) is 5.91 Å². The molecule has 1 N–H and O–H groups in total. The molecule has 4 heteroatoms. The SMILES string of the molecule is CC1OCCC1C(Cl)c1ccc2c(c1)C(=O)NCC2. The summed E-state index contributed by atoms with van der Waals surface area (Å²) < 4.78 is 5.58. The summed E-state index contributed by atoms with van der Waals surface area (Å²) in [6.07, 6.45) is 2.07. The summed E-state index contributed by atoms with van der Waals surface area (Å²) >= 11 is 6.59. The van der Waals surface area contributed by atoms with E-state index in [0.717, 1.165) is 42.7 Å². The molecule has 2 heterocycles. The summed E-state index contributed by atoms with van der Waals surface area (Å²) in [7, 11) is 0. The second-order valence-electron chi connectivity index (χ2n) is 5.35. The number of ether oxygens (including phenoxy) is 1. The van der Waals surface area contributed by atoms with Crippen LogP contribution in [0.2, 0.25) is 0 Å². The van der Waals surface area contributed by atoms with Gasteiger partial charge in [0.15, 0.2) is 0 Å². The van der Waals surface area contributed by atoms with Crippen molar-refractivity contribution >= 4 is 17.5 Å². The highest BCUT2D eigenvalue weighted by molar-refractivity contribution is 6.21. The largest absolute Gasteiger partial charge is 0.378 e. The third-order valence-corrected chi connectivity index (χ3v) is 4.76. The predicted octanol–water partition coefficient (Wildman–Crippen LogP) is 2.68. The molecule has 0 saturated carbocycles. The first-order chi connectivity index (χ1) is 9.16. The van der Waals surface area contributed by atoms with Crippen LogP contribution < -0.4 is 5.32 Å². The van der Waals surface area contributed by atoms with E-state index in [-0.39, 0.29) is 17.4 Å². The number of halogens is 1. The van der Waals surface area contributed by atoms with Gasteiger partial charge < -0.3 is 10.1 Å². The second kappa shape index (κ2) is 5.14. The zero-order chi connectivity index (χ0) is 13.4. The van der Waals surface area contributed by atoms with Crippen molar-refractivity contribution in [2.24, 2.45) is 5.92 Å². The Morgan fingerprint density at radius 1 is 1.47 bits per heavy atom. The third kappa shape index (κ3) is 2.37. The summed E-state index contributed by atoms with van der Waals surface area (Å²) in [6, 6.07) is 6.05. The zero-order valence-corrected chi connectivity index (χ0v) is 11.7. The van der Waals surface area contributed by atoms with Gasteiger partial charge in [-0.05, 0) is 37.0 Å². The van der Waals surface area contributed by atoms with Gasteiger partial charge in [0.2, 0.25) is 0 Å². The molecule has 1 fully saturated rings. The molecule has 102 valence electrons. The number of benzene rings is 1. The van der Waals surface area contributed by atoms with Crippen molar-refractivity contribution < 1.29 is 9.53 Å². The van der Waals surface area contributed by atoms with Gasteiger partial charge in [0.05, 0.1) is 11.5 Å². The molecule has 3 atom stereocenters. The van der Waals surface area contributed by atoms with Crippen LogP contribution in [0, 0.1) is 5.92 Å². The number of carbonyl (C=O) groups is 1. The molecule has 0 bridgehead atoms. The summed E-state index contributed by atoms with van der Waals surface area (Å²) in [6.45, 7) is 3.57. The highest BCUT2D eigenvalue weighted by Crippen LogP contribution is 2.38. The average Bonchev–Trinajstić information content (AvgIpc) is 2.84. The molecule has 19 heavy (non-hydrogen) atoms. The Morgan fingerprint density at radius 3 is 3.05 bits per heavy atom. The van der Waals surface area contributed by atoms with Crippen LogP contribution in [0.5, 0.6) is 0 Å². The highest BCUT2D eigenvalue weighted by Gasteiger charge is 2.32. The van der Waals surface area contributed by atoms with Crippen molar-refractivity contribution in [1.29, 1.82) is 0 Å². The Kier molecular flexibility index (Phi) is 3.50. The first-order valence-electron chi connectivity index (χ1n) is 6.83. The molecule has 2 aliphatic heterocycles. The van der Waals surface area contributed by atoms with E-state index in [2.05, 4.69) is 18.3 Å². The Hall–Kier alpha value is -1.06. The zero-order valence-electron chi connectivity index (χ0n) is 11.0. The topological polar surface area (TPSA) is 38.3 Å². The molecule has 0 aliphatic carbocycles. The number of hydrogen-bond donors (Lipinski definition) is 1.